The lowest BCUT2D eigenvalue weighted by Crippen LogP contribution is -2.38. The molecule has 0 aromatic heterocycles. The van der Waals surface area contributed by atoms with Crippen LogP contribution in [0.15, 0.2) is 24.3 Å². The molecule has 1 aromatic rings. The molecular formula is C17H25NO3. The maximum absolute atomic E-state index is 10.7. The van der Waals surface area contributed by atoms with E-state index in [4.69, 9.17) is 9.84 Å². The highest BCUT2D eigenvalue weighted by Gasteiger charge is 2.24. The first-order chi connectivity index (χ1) is 9.96. The second kappa shape index (κ2) is 6.94. The van der Waals surface area contributed by atoms with Gasteiger partial charge in [0.25, 0.3) is 0 Å². The molecule has 1 heterocycles. The van der Waals surface area contributed by atoms with Crippen LogP contribution in [0.3, 0.4) is 0 Å². The number of likely N-dealkylation sites (tertiary alicyclic amines) is 1. The lowest BCUT2D eigenvalue weighted by Gasteiger charge is -2.36. The van der Waals surface area contributed by atoms with E-state index >= 15 is 0 Å². The highest BCUT2D eigenvalue weighted by molar-refractivity contribution is 5.87. The Morgan fingerprint density at radius 3 is 2.43 bits per heavy atom. The van der Waals surface area contributed by atoms with Gasteiger partial charge in [-0.3, -0.25) is 0 Å². The third-order valence-electron chi connectivity index (χ3n) is 4.20. The summed E-state index contributed by atoms with van der Waals surface area (Å²) >= 11 is 0. The molecule has 116 valence electrons. The zero-order valence-electron chi connectivity index (χ0n) is 13.0. The van der Waals surface area contributed by atoms with Gasteiger partial charge < -0.3 is 14.7 Å². The van der Waals surface area contributed by atoms with Crippen LogP contribution >= 0.6 is 0 Å². The Labute approximate surface area is 126 Å². The fourth-order valence-corrected chi connectivity index (χ4v) is 2.55. The molecule has 1 fully saturated rings. The largest absolute Gasteiger partial charge is 0.494 e. The van der Waals surface area contributed by atoms with E-state index in [-0.39, 0.29) is 0 Å². The van der Waals surface area contributed by atoms with Crippen molar-refractivity contribution in [2.45, 2.75) is 33.1 Å². The van der Waals surface area contributed by atoms with Gasteiger partial charge in [-0.1, -0.05) is 13.8 Å². The first-order valence-corrected chi connectivity index (χ1v) is 7.65. The van der Waals surface area contributed by atoms with E-state index in [1.165, 1.54) is 25.9 Å². The molecule has 0 aliphatic carbocycles. The number of nitrogens with zero attached hydrogens (tertiary/aromatic N) is 1. The fraction of sp³-hybridized carbons (Fsp3) is 0.588. The third-order valence-corrected chi connectivity index (χ3v) is 4.20. The van der Waals surface area contributed by atoms with Crippen molar-refractivity contribution in [3.63, 3.8) is 0 Å². The first kappa shape index (κ1) is 15.8. The first-order valence-electron chi connectivity index (χ1n) is 7.65. The van der Waals surface area contributed by atoms with Crippen molar-refractivity contribution in [3.8, 4) is 5.75 Å². The Balaban J connectivity index is 1.65. The number of piperidine rings is 1. The van der Waals surface area contributed by atoms with Gasteiger partial charge in [-0.25, -0.2) is 4.79 Å². The number of hydrogen-bond acceptors (Lipinski definition) is 3. The Kier molecular flexibility index (Phi) is 5.23. The summed E-state index contributed by atoms with van der Waals surface area (Å²) in [4.78, 5) is 13.2. The molecule has 21 heavy (non-hydrogen) atoms. The van der Waals surface area contributed by atoms with Crippen molar-refractivity contribution in [3.05, 3.63) is 29.8 Å². The van der Waals surface area contributed by atoms with Gasteiger partial charge in [0.1, 0.15) is 5.75 Å². The minimum atomic E-state index is -0.908. The number of ether oxygens (including phenoxy) is 1. The average Bonchev–Trinajstić information content (AvgIpc) is 2.45. The Morgan fingerprint density at radius 1 is 1.24 bits per heavy atom. The van der Waals surface area contributed by atoms with Crippen LogP contribution in [-0.2, 0) is 0 Å². The lowest BCUT2D eigenvalue weighted by atomic mass is 9.83. The molecule has 4 heteroatoms. The van der Waals surface area contributed by atoms with Gasteiger partial charge in [0.2, 0.25) is 0 Å². The Morgan fingerprint density at radius 2 is 1.86 bits per heavy atom. The Hall–Kier alpha value is -1.55. The predicted octanol–water partition coefficient (Wildman–Crippen LogP) is 3.28. The number of rotatable bonds is 6. The van der Waals surface area contributed by atoms with Crippen LogP contribution in [-0.4, -0.2) is 42.2 Å². The summed E-state index contributed by atoms with van der Waals surface area (Å²) in [5, 5.41) is 8.82. The van der Waals surface area contributed by atoms with Crippen molar-refractivity contribution < 1.29 is 14.6 Å². The smallest absolute Gasteiger partial charge is 0.335 e. The summed E-state index contributed by atoms with van der Waals surface area (Å²) in [7, 11) is 0. The quantitative estimate of drug-likeness (QED) is 0.817. The highest BCUT2D eigenvalue weighted by Crippen LogP contribution is 2.29. The molecule has 0 bridgehead atoms. The minimum Gasteiger partial charge on any atom is -0.494 e. The number of carboxylic acid groups (broad SMARTS) is 1. The summed E-state index contributed by atoms with van der Waals surface area (Å²) in [6.07, 6.45) is 3.54. The number of carboxylic acids is 1. The standard InChI is InChI=1S/C17H25NO3/c1-17(2)8-11-18(12-9-17)10-3-13-21-15-6-4-14(5-7-15)16(19)20/h4-7H,3,8-13H2,1-2H3,(H,19,20). The zero-order valence-corrected chi connectivity index (χ0v) is 13.0. The molecule has 0 atom stereocenters. The van der Waals surface area contributed by atoms with Gasteiger partial charge >= 0.3 is 5.97 Å². The highest BCUT2D eigenvalue weighted by atomic mass is 16.5. The van der Waals surface area contributed by atoms with Crippen LogP contribution in [0.2, 0.25) is 0 Å². The summed E-state index contributed by atoms with van der Waals surface area (Å²) < 4.78 is 5.65. The second-order valence-corrected chi connectivity index (χ2v) is 6.54. The summed E-state index contributed by atoms with van der Waals surface area (Å²) in [6.45, 7) is 8.79. The molecule has 0 amide bonds. The number of aromatic carboxylic acids is 1. The van der Waals surface area contributed by atoms with E-state index < -0.39 is 5.97 Å². The molecule has 0 spiro atoms. The summed E-state index contributed by atoms with van der Waals surface area (Å²) in [6, 6.07) is 6.58. The average molecular weight is 291 g/mol. The lowest BCUT2D eigenvalue weighted by molar-refractivity contribution is 0.0697. The van der Waals surface area contributed by atoms with Gasteiger partial charge in [0.05, 0.1) is 12.2 Å². The molecule has 1 aliphatic rings. The summed E-state index contributed by atoms with van der Waals surface area (Å²) in [5.74, 6) is -0.172. The molecule has 0 unspecified atom stereocenters. The van der Waals surface area contributed by atoms with Crippen molar-refractivity contribution in [2.75, 3.05) is 26.2 Å². The van der Waals surface area contributed by atoms with Gasteiger partial charge in [0, 0.05) is 6.54 Å². The van der Waals surface area contributed by atoms with Crippen molar-refractivity contribution >= 4 is 5.97 Å². The van der Waals surface area contributed by atoms with E-state index in [2.05, 4.69) is 18.7 Å². The molecule has 0 saturated carbocycles. The molecule has 1 saturated heterocycles. The van der Waals surface area contributed by atoms with Crippen LogP contribution in [0.1, 0.15) is 43.5 Å². The van der Waals surface area contributed by atoms with E-state index in [0.29, 0.717) is 17.6 Å². The minimum absolute atomic E-state index is 0.290. The molecule has 2 rings (SSSR count). The summed E-state index contributed by atoms with van der Waals surface area (Å²) in [5.41, 5.74) is 0.789. The van der Waals surface area contributed by atoms with Gasteiger partial charge in [-0.05, 0) is 62.0 Å². The monoisotopic (exact) mass is 291 g/mol. The Bertz CT molecular complexity index is 457. The van der Waals surface area contributed by atoms with E-state index in [1.54, 1.807) is 24.3 Å². The topological polar surface area (TPSA) is 49.8 Å². The maximum atomic E-state index is 10.7. The van der Waals surface area contributed by atoms with Crippen LogP contribution < -0.4 is 4.74 Å². The third kappa shape index (κ3) is 5.05. The molecule has 1 aliphatic heterocycles. The fourth-order valence-electron chi connectivity index (χ4n) is 2.55. The number of carbonyl (C=O) groups is 1. The second-order valence-electron chi connectivity index (χ2n) is 6.54. The number of benzene rings is 1. The molecular weight excluding hydrogens is 266 g/mol. The molecule has 1 aromatic carbocycles. The molecule has 4 nitrogen and oxygen atoms in total. The number of hydrogen-bond donors (Lipinski definition) is 1. The van der Waals surface area contributed by atoms with Crippen molar-refractivity contribution in [1.29, 1.82) is 0 Å². The van der Waals surface area contributed by atoms with Crippen molar-refractivity contribution in [2.24, 2.45) is 5.41 Å². The maximum Gasteiger partial charge on any atom is 0.335 e. The van der Waals surface area contributed by atoms with Crippen LogP contribution in [0.25, 0.3) is 0 Å². The van der Waals surface area contributed by atoms with Gasteiger partial charge in [-0.15, -0.1) is 0 Å². The van der Waals surface area contributed by atoms with Crippen LogP contribution in [0, 0.1) is 5.41 Å². The SMILES string of the molecule is CC1(C)CCN(CCCOc2ccc(C(=O)O)cc2)CC1. The van der Waals surface area contributed by atoms with E-state index in [0.717, 1.165) is 18.7 Å². The zero-order chi connectivity index (χ0) is 15.3. The van der Waals surface area contributed by atoms with Crippen molar-refractivity contribution in [1.82, 2.24) is 4.90 Å². The normalized spacial score (nSPS) is 18.4. The molecule has 1 N–H and O–H groups in total. The predicted molar refractivity (Wildman–Crippen MR) is 83.0 cm³/mol. The van der Waals surface area contributed by atoms with Crippen LogP contribution in [0.5, 0.6) is 5.75 Å². The molecule has 0 radical (unpaired) electrons. The van der Waals surface area contributed by atoms with E-state index in [1.807, 2.05) is 0 Å². The van der Waals surface area contributed by atoms with Gasteiger partial charge in [-0.2, -0.15) is 0 Å². The van der Waals surface area contributed by atoms with Gasteiger partial charge in [0.15, 0.2) is 0 Å². The van der Waals surface area contributed by atoms with Crippen LogP contribution in [0.4, 0.5) is 0 Å². The van der Waals surface area contributed by atoms with E-state index in [9.17, 15) is 4.79 Å².